The van der Waals surface area contributed by atoms with Gasteiger partial charge in [-0.25, -0.2) is 14.4 Å². The minimum absolute atomic E-state index is 0.230. The first kappa shape index (κ1) is 32.4. The van der Waals surface area contributed by atoms with Gasteiger partial charge >= 0.3 is 23.9 Å². The van der Waals surface area contributed by atoms with E-state index in [1.165, 1.54) is 6.92 Å². The average molecular weight is 641 g/mol. The van der Waals surface area contributed by atoms with Crippen molar-refractivity contribution < 1.29 is 42.9 Å². The number of carbonyl (C=O) groups excluding carboxylic acids is 4. The van der Waals surface area contributed by atoms with E-state index >= 15 is 0 Å². The normalized spacial score (nSPS) is 31.9. The van der Waals surface area contributed by atoms with E-state index < -0.39 is 70.8 Å². The van der Waals surface area contributed by atoms with E-state index in [4.69, 9.17) is 23.7 Å². The highest BCUT2D eigenvalue weighted by molar-refractivity contribution is 5.90. The summed E-state index contributed by atoms with van der Waals surface area (Å²) in [7, 11) is 0. The fourth-order valence-electron chi connectivity index (χ4n) is 8.27. The van der Waals surface area contributed by atoms with Crippen LogP contribution < -0.4 is 0 Å². The van der Waals surface area contributed by atoms with Gasteiger partial charge in [-0.1, -0.05) is 61.5 Å². The first-order chi connectivity index (χ1) is 22.4. The van der Waals surface area contributed by atoms with Crippen molar-refractivity contribution in [3.63, 3.8) is 0 Å². The molecule has 9 nitrogen and oxygen atoms in total. The van der Waals surface area contributed by atoms with Gasteiger partial charge in [-0.05, 0) is 75.9 Å². The molecule has 1 heterocycles. The molecule has 0 aromatic heterocycles. The summed E-state index contributed by atoms with van der Waals surface area (Å²) in [6.07, 6.45) is -3.26. The van der Waals surface area contributed by atoms with Crippen molar-refractivity contribution in [3.05, 3.63) is 108 Å². The second kappa shape index (κ2) is 12.3. The van der Waals surface area contributed by atoms with Crippen LogP contribution >= 0.6 is 0 Å². The van der Waals surface area contributed by atoms with E-state index in [0.717, 1.165) is 0 Å². The van der Waals surface area contributed by atoms with Crippen LogP contribution in [0.3, 0.4) is 0 Å². The van der Waals surface area contributed by atoms with Crippen molar-refractivity contribution >= 4 is 23.9 Å². The van der Waals surface area contributed by atoms with E-state index in [9.17, 15) is 19.2 Å². The molecule has 2 aliphatic carbocycles. The molecule has 3 aromatic carbocycles. The van der Waals surface area contributed by atoms with Crippen LogP contribution in [0.5, 0.6) is 0 Å². The number of hydrogen-bond donors (Lipinski definition) is 0. The summed E-state index contributed by atoms with van der Waals surface area (Å²) in [6.45, 7) is 8.95. The largest absolute Gasteiger partial charge is 0.458 e. The Labute approximate surface area is 274 Å². The van der Waals surface area contributed by atoms with Crippen molar-refractivity contribution in [1.29, 1.82) is 0 Å². The quantitative estimate of drug-likeness (QED) is 0.220. The molecule has 8 atom stereocenters. The van der Waals surface area contributed by atoms with Crippen LogP contribution in [0.1, 0.15) is 78.5 Å². The Hall–Kier alpha value is -4.50. The van der Waals surface area contributed by atoms with Crippen molar-refractivity contribution in [2.75, 3.05) is 0 Å². The van der Waals surface area contributed by atoms with Gasteiger partial charge in [-0.2, -0.15) is 0 Å². The number of benzene rings is 3. The molecule has 1 saturated heterocycles. The highest BCUT2D eigenvalue weighted by atomic mass is 16.6. The summed E-state index contributed by atoms with van der Waals surface area (Å²) < 4.78 is 32.1. The molecule has 2 saturated carbocycles. The smallest absolute Gasteiger partial charge is 0.338 e. The Balaban J connectivity index is 1.48. The maximum atomic E-state index is 13.7. The average Bonchev–Trinajstić information content (AvgIpc) is 3.24. The third-order valence-electron chi connectivity index (χ3n) is 10.4. The lowest BCUT2D eigenvalue weighted by Gasteiger charge is -2.62. The van der Waals surface area contributed by atoms with Crippen LogP contribution in [0.25, 0.3) is 0 Å². The van der Waals surface area contributed by atoms with Gasteiger partial charge in [0.1, 0.15) is 23.9 Å². The molecule has 0 N–H and O–H groups in total. The van der Waals surface area contributed by atoms with Crippen LogP contribution in [-0.4, -0.2) is 59.5 Å². The number of fused-ring (bicyclic) bond motifs is 1. The van der Waals surface area contributed by atoms with Gasteiger partial charge in [0, 0.05) is 12.8 Å². The summed E-state index contributed by atoms with van der Waals surface area (Å²) in [4.78, 5) is 53.6. The Morgan fingerprint density at radius 2 is 1.11 bits per heavy atom. The molecule has 47 heavy (non-hydrogen) atoms. The number of hydrogen-bond acceptors (Lipinski definition) is 9. The lowest BCUT2D eigenvalue weighted by molar-refractivity contribution is -0.300. The fraction of sp³-hybridized carbons (Fsp3) is 0.421. The lowest BCUT2D eigenvalue weighted by Crippen LogP contribution is -2.76. The van der Waals surface area contributed by atoms with E-state index in [2.05, 4.69) is 0 Å². The standard InChI is InChI=1S/C38H40O9/c1-23-21-29(44-33(40)25-15-9-6-10-16-25)32(43-24(2)39)37(5)30(45-34(41)26-17-11-7-12-18-26)22-28-31(38(23,37)47-36(28,3)4)46-35(42)27-19-13-8-14-20-27/h6-20,23,28-32H,21-22H2,1-5H3. The third kappa shape index (κ3) is 5.50. The second-order valence-corrected chi connectivity index (χ2v) is 13.6. The van der Waals surface area contributed by atoms with Crippen LogP contribution in [0.15, 0.2) is 91.0 Å². The first-order valence-corrected chi connectivity index (χ1v) is 16.0. The summed E-state index contributed by atoms with van der Waals surface area (Å²) >= 11 is 0. The minimum Gasteiger partial charge on any atom is -0.458 e. The fourth-order valence-corrected chi connectivity index (χ4v) is 8.27. The zero-order chi connectivity index (χ0) is 33.6. The molecule has 3 aromatic rings. The van der Waals surface area contributed by atoms with Crippen molar-refractivity contribution in [2.45, 2.75) is 83.1 Å². The Bertz CT molecular complexity index is 1640. The van der Waals surface area contributed by atoms with Crippen LogP contribution in [-0.2, 0) is 28.5 Å². The number of ether oxygens (including phenoxy) is 5. The number of esters is 4. The number of rotatable bonds is 7. The topological polar surface area (TPSA) is 114 Å². The predicted molar refractivity (Wildman–Crippen MR) is 170 cm³/mol. The summed E-state index contributed by atoms with van der Waals surface area (Å²) in [5.74, 6) is -3.05. The van der Waals surface area contributed by atoms with E-state index in [1.54, 1.807) is 84.9 Å². The Kier molecular flexibility index (Phi) is 8.47. The Morgan fingerprint density at radius 1 is 0.638 bits per heavy atom. The molecule has 3 aliphatic rings. The van der Waals surface area contributed by atoms with Crippen molar-refractivity contribution in [2.24, 2.45) is 17.3 Å². The molecule has 1 spiro atoms. The molecule has 3 fully saturated rings. The minimum atomic E-state index is -1.34. The second-order valence-electron chi connectivity index (χ2n) is 13.6. The predicted octanol–water partition coefficient (Wildman–Crippen LogP) is 6.21. The summed E-state index contributed by atoms with van der Waals surface area (Å²) in [6, 6.07) is 25.9. The molecule has 246 valence electrons. The lowest BCUT2D eigenvalue weighted by atomic mass is 9.48. The summed E-state index contributed by atoms with van der Waals surface area (Å²) in [5.41, 5.74) is -2.39. The molecule has 0 amide bonds. The van der Waals surface area contributed by atoms with Gasteiger partial charge in [0.2, 0.25) is 0 Å². The molecule has 1 aliphatic heterocycles. The van der Waals surface area contributed by atoms with Gasteiger partial charge in [-0.15, -0.1) is 0 Å². The third-order valence-corrected chi connectivity index (χ3v) is 10.4. The maximum Gasteiger partial charge on any atom is 0.338 e. The van der Waals surface area contributed by atoms with Gasteiger partial charge in [-0.3, -0.25) is 4.79 Å². The molecule has 9 heteroatoms. The zero-order valence-electron chi connectivity index (χ0n) is 27.2. The van der Waals surface area contributed by atoms with Crippen LogP contribution in [0, 0.1) is 17.3 Å². The number of carbonyl (C=O) groups is 4. The highest BCUT2D eigenvalue weighted by Crippen LogP contribution is 2.68. The van der Waals surface area contributed by atoms with Crippen molar-refractivity contribution in [1.82, 2.24) is 0 Å². The van der Waals surface area contributed by atoms with E-state index in [0.29, 0.717) is 16.7 Å². The monoisotopic (exact) mass is 640 g/mol. The SMILES string of the molecule is CC(=O)OC1C(OC(=O)c2ccccc2)CC(C)C23OC(C)(C)C(CC(OC(=O)c4ccccc4)C12C)C3OC(=O)c1ccccc1. The van der Waals surface area contributed by atoms with Crippen molar-refractivity contribution in [3.8, 4) is 0 Å². The molecule has 8 unspecified atom stereocenters. The molecule has 0 radical (unpaired) electrons. The molecular formula is C38H40O9. The van der Waals surface area contributed by atoms with Gasteiger partial charge < -0.3 is 23.7 Å². The van der Waals surface area contributed by atoms with E-state index in [-0.39, 0.29) is 18.8 Å². The van der Waals surface area contributed by atoms with Crippen LogP contribution in [0.2, 0.25) is 0 Å². The first-order valence-electron chi connectivity index (χ1n) is 16.0. The molecule has 2 bridgehead atoms. The molecular weight excluding hydrogens is 600 g/mol. The van der Waals surface area contributed by atoms with Gasteiger partial charge in [0.25, 0.3) is 0 Å². The van der Waals surface area contributed by atoms with Crippen LogP contribution in [0.4, 0.5) is 0 Å². The van der Waals surface area contributed by atoms with E-state index in [1.807, 2.05) is 33.8 Å². The zero-order valence-corrected chi connectivity index (χ0v) is 27.2. The highest BCUT2D eigenvalue weighted by Gasteiger charge is 2.80. The molecule has 6 rings (SSSR count). The Morgan fingerprint density at radius 3 is 1.60 bits per heavy atom. The maximum absolute atomic E-state index is 13.7. The van der Waals surface area contributed by atoms with Gasteiger partial charge in [0.15, 0.2) is 6.10 Å². The summed E-state index contributed by atoms with van der Waals surface area (Å²) in [5, 5.41) is 0. The van der Waals surface area contributed by atoms with Gasteiger partial charge in [0.05, 0.1) is 27.7 Å².